The molecule has 0 radical (unpaired) electrons. The SMILES string of the molecule is COc1ccc(NC(=O)N2CCC(=Cc3cccc(OCCOC(C)C)c3)C(C)C2)cn1. The van der Waals surface area contributed by atoms with Gasteiger partial charge in [0.1, 0.15) is 12.4 Å². The highest BCUT2D eigenvalue weighted by molar-refractivity contribution is 5.89. The van der Waals surface area contributed by atoms with Crippen LogP contribution in [0.3, 0.4) is 0 Å². The highest BCUT2D eigenvalue weighted by Crippen LogP contribution is 2.26. The number of likely N-dealkylation sites (tertiary alicyclic amines) is 1. The lowest BCUT2D eigenvalue weighted by atomic mass is 9.91. The molecule has 1 fully saturated rings. The second kappa shape index (κ2) is 11.5. The number of rotatable bonds is 8. The lowest BCUT2D eigenvalue weighted by Crippen LogP contribution is -2.42. The van der Waals surface area contributed by atoms with Gasteiger partial charge in [-0.3, -0.25) is 0 Å². The maximum Gasteiger partial charge on any atom is 0.321 e. The van der Waals surface area contributed by atoms with Crippen molar-refractivity contribution in [1.82, 2.24) is 9.88 Å². The standard InChI is InChI=1S/C25H33N3O4/c1-18(2)31-12-13-32-23-7-5-6-20(15-23)14-21-10-11-28(17-19(21)3)25(29)27-22-8-9-24(30-4)26-16-22/h5-9,14-16,18-19H,10-13,17H2,1-4H3,(H,27,29). The molecule has 7 nitrogen and oxygen atoms in total. The van der Waals surface area contributed by atoms with Gasteiger partial charge in [0.25, 0.3) is 0 Å². The number of hydrogen-bond donors (Lipinski definition) is 1. The van der Waals surface area contributed by atoms with Crippen molar-refractivity contribution in [2.24, 2.45) is 5.92 Å². The Morgan fingerprint density at radius 2 is 2.12 bits per heavy atom. The van der Waals surface area contributed by atoms with E-state index in [-0.39, 0.29) is 18.1 Å². The monoisotopic (exact) mass is 439 g/mol. The molecule has 2 amide bonds. The second-order valence-electron chi connectivity index (χ2n) is 8.18. The summed E-state index contributed by atoms with van der Waals surface area (Å²) in [5, 5.41) is 2.91. The average Bonchev–Trinajstić information content (AvgIpc) is 2.79. The van der Waals surface area contributed by atoms with E-state index in [9.17, 15) is 4.79 Å². The summed E-state index contributed by atoms with van der Waals surface area (Å²) in [5.41, 5.74) is 3.09. The highest BCUT2D eigenvalue weighted by Gasteiger charge is 2.24. The number of anilines is 1. The van der Waals surface area contributed by atoms with Crippen LogP contribution < -0.4 is 14.8 Å². The molecule has 32 heavy (non-hydrogen) atoms. The summed E-state index contributed by atoms with van der Waals surface area (Å²) in [5.74, 6) is 1.62. The Bertz CT molecular complexity index is 912. The fraction of sp³-hybridized carbons (Fsp3) is 0.440. The molecule has 0 saturated carbocycles. The van der Waals surface area contributed by atoms with E-state index in [0.717, 1.165) is 17.7 Å². The number of benzene rings is 1. The van der Waals surface area contributed by atoms with Gasteiger partial charge in [-0.05, 0) is 49.9 Å². The smallest absolute Gasteiger partial charge is 0.321 e. The van der Waals surface area contributed by atoms with Gasteiger partial charge in [-0.2, -0.15) is 0 Å². The third kappa shape index (κ3) is 6.99. The first kappa shape index (κ1) is 23.6. The van der Waals surface area contributed by atoms with Crippen molar-refractivity contribution in [2.75, 3.05) is 38.7 Å². The molecule has 1 atom stereocenters. The average molecular weight is 440 g/mol. The van der Waals surface area contributed by atoms with Crippen LogP contribution in [0.2, 0.25) is 0 Å². The summed E-state index contributed by atoms with van der Waals surface area (Å²) in [6, 6.07) is 11.5. The van der Waals surface area contributed by atoms with E-state index >= 15 is 0 Å². The van der Waals surface area contributed by atoms with Gasteiger partial charge in [-0.25, -0.2) is 9.78 Å². The largest absolute Gasteiger partial charge is 0.491 e. The van der Waals surface area contributed by atoms with Crippen molar-refractivity contribution in [3.05, 3.63) is 53.7 Å². The molecule has 1 aliphatic rings. The minimum atomic E-state index is -0.109. The van der Waals surface area contributed by atoms with E-state index in [1.807, 2.05) is 36.9 Å². The quantitative estimate of drug-likeness (QED) is 0.595. The van der Waals surface area contributed by atoms with Gasteiger partial charge in [0.05, 0.1) is 31.7 Å². The predicted octanol–water partition coefficient (Wildman–Crippen LogP) is 4.85. The third-order valence-corrected chi connectivity index (χ3v) is 5.29. The number of carbonyl (C=O) groups is 1. The Balaban J connectivity index is 1.54. The maximum atomic E-state index is 12.7. The van der Waals surface area contributed by atoms with Crippen LogP contribution in [-0.4, -0.2) is 55.4 Å². The van der Waals surface area contributed by atoms with Crippen LogP contribution in [0.1, 0.15) is 32.8 Å². The van der Waals surface area contributed by atoms with E-state index in [1.165, 1.54) is 5.57 Å². The van der Waals surface area contributed by atoms with Crippen molar-refractivity contribution < 1.29 is 19.0 Å². The molecule has 2 aromatic rings. The second-order valence-corrected chi connectivity index (χ2v) is 8.18. The molecule has 7 heteroatoms. The van der Waals surface area contributed by atoms with Crippen molar-refractivity contribution in [3.63, 3.8) is 0 Å². The number of aromatic nitrogens is 1. The number of hydrogen-bond acceptors (Lipinski definition) is 5. The summed E-state index contributed by atoms with van der Waals surface area (Å²) in [6.45, 7) is 8.63. The number of carbonyl (C=O) groups excluding carboxylic acids is 1. The Morgan fingerprint density at radius 1 is 1.28 bits per heavy atom. The minimum absolute atomic E-state index is 0.109. The number of pyridine rings is 1. The lowest BCUT2D eigenvalue weighted by Gasteiger charge is -2.33. The first-order chi connectivity index (χ1) is 15.4. The van der Waals surface area contributed by atoms with E-state index in [1.54, 1.807) is 25.4 Å². The Hall–Kier alpha value is -3.06. The number of methoxy groups -OCH3 is 1. The number of amides is 2. The van der Waals surface area contributed by atoms with Gasteiger partial charge in [0.2, 0.25) is 5.88 Å². The number of urea groups is 1. The molecule has 2 heterocycles. The van der Waals surface area contributed by atoms with E-state index in [2.05, 4.69) is 29.4 Å². The number of piperidine rings is 1. The zero-order valence-electron chi connectivity index (χ0n) is 19.3. The molecule has 1 saturated heterocycles. The Labute approximate surface area is 190 Å². The van der Waals surface area contributed by atoms with Gasteiger partial charge in [0, 0.05) is 19.2 Å². The van der Waals surface area contributed by atoms with Crippen LogP contribution in [0.4, 0.5) is 10.5 Å². The molecule has 1 aliphatic heterocycles. The number of ether oxygens (including phenoxy) is 3. The normalized spacial score (nSPS) is 17.5. The summed E-state index contributed by atoms with van der Waals surface area (Å²) in [7, 11) is 1.56. The molecule has 0 aliphatic carbocycles. The van der Waals surface area contributed by atoms with Gasteiger partial charge in [0.15, 0.2) is 0 Å². The molecular weight excluding hydrogens is 406 g/mol. The Kier molecular flexibility index (Phi) is 8.50. The van der Waals surface area contributed by atoms with Crippen LogP contribution in [-0.2, 0) is 4.74 Å². The number of nitrogens with one attached hydrogen (secondary N) is 1. The molecule has 1 aromatic heterocycles. The summed E-state index contributed by atoms with van der Waals surface area (Å²) >= 11 is 0. The van der Waals surface area contributed by atoms with Crippen LogP contribution in [0.25, 0.3) is 6.08 Å². The highest BCUT2D eigenvalue weighted by atomic mass is 16.5. The number of nitrogens with zero attached hydrogens (tertiary/aromatic N) is 2. The van der Waals surface area contributed by atoms with Crippen LogP contribution in [0, 0.1) is 5.92 Å². The summed E-state index contributed by atoms with van der Waals surface area (Å²) < 4.78 is 16.4. The molecule has 0 bridgehead atoms. The van der Waals surface area contributed by atoms with Gasteiger partial charge >= 0.3 is 6.03 Å². The van der Waals surface area contributed by atoms with Gasteiger partial charge in [-0.15, -0.1) is 0 Å². The van der Waals surface area contributed by atoms with Crippen LogP contribution >= 0.6 is 0 Å². The van der Waals surface area contributed by atoms with E-state index in [4.69, 9.17) is 14.2 Å². The molecule has 172 valence electrons. The zero-order chi connectivity index (χ0) is 22.9. The minimum Gasteiger partial charge on any atom is -0.491 e. The van der Waals surface area contributed by atoms with Crippen molar-refractivity contribution in [2.45, 2.75) is 33.3 Å². The zero-order valence-corrected chi connectivity index (χ0v) is 19.3. The maximum absolute atomic E-state index is 12.7. The molecule has 1 unspecified atom stereocenters. The fourth-order valence-electron chi connectivity index (χ4n) is 3.58. The van der Waals surface area contributed by atoms with Crippen molar-refractivity contribution in [1.29, 1.82) is 0 Å². The van der Waals surface area contributed by atoms with E-state index in [0.29, 0.717) is 37.9 Å². The van der Waals surface area contributed by atoms with Gasteiger partial charge < -0.3 is 24.4 Å². The third-order valence-electron chi connectivity index (χ3n) is 5.29. The summed E-state index contributed by atoms with van der Waals surface area (Å²) in [4.78, 5) is 18.6. The van der Waals surface area contributed by atoms with Crippen LogP contribution in [0.15, 0.2) is 48.2 Å². The van der Waals surface area contributed by atoms with E-state index < -0.39 is 0 Å². The van der Waals surface area contributed by atoms with Crippen molar-refractivity contribution >= 4 is 17.8 Å². The molecule has 1 aromatic carbocycles. The van der Waals surface area contributed by atoms with Crippen LogP contribution in [0.5, 0.6) is 11.6 Å². The first-order valence-electron chi connectivity index (χ1n) is 11.1. The fourth-order valence-corrected chi connectivity index (χ4v) is 3.58. The topological polar surface area (TPSA) is 72.9 Å². The summed E-state index contributed by atoms with van der Waals surface area (Å²) in [6.07, 6.45) is 4.85. The molecule has 0 spiro atoms. The molecule has 1 N–H and O–H groups in total. The van der Waals surface area contributed by atoms with Crippen molar-refractivity contribution in [3.8, 4) is 11.6 Å². The lowest BCUT2D eigenvalue weighted by molar-refractivity contribution is 0.0552. The Morgan fingerprint density at radius 3 is 2.81 bits per heavy atom. The molecule has 3 rings (SSSR count). The predicted molar refractivity (Wildman–Crippen MR) is 126 cm³/mol. The first-order valence-corrected chi connectivity index (χ1v) is 11.1. The molecular formula is C25H33N3O4. The van der Waals surface area contributed by atoms with Gasteiger partial charge in [-0.1, -0.05) is 30.7 Å².